The van der Waals surface area contributed by atoms with E-state index < -0.39 is 4.32 Å². The Hall–Kier alpha value is 0.300. The van der Waals surface area contributed by atoms with Crippen molar-refractivity contribution in [3.05, 3.63) is 0 Å². The number of thioether (sulfide) groups is 1. The Morgan fingerprint density at radius 1 is 1.46 bits per heavy atom. The van der Waals surface area contributed by atoms with Crippen LogP contribution in [0.25, 0.3) is 0 Å². The number of nitrogens with one attached hydrogen (secondary N) is 1. The van der Waals surface area contributed by atoms with Crippen LogP contribution in [0.2, 0.25) is 0 Å². The minimum atomic E-state index is -0.438. The molecule has 0 atom stereocenters. The zero-order valence-corrected chi connectivity index (χ0v) is 10.9. The molecule has 2 nitrogen and oxygen atoms in total. The molecular weight excluding hydrogens is 250 g/mol. The summed E-state index contributed by atoms with van der Waals surface area (Å²) in [7, 11) is 0. The second kappa shape index (κ2) is 6.71. The van der Waals surface area contributed by atoms with E-state index >= 15 is 0 Å². The van der Waals surface area contributed by atoms with Crippen LogP contribution < -0.4 is 5.32 Å². The monoisotopic (exact) mass is 267 g/mol. The number of halogens is 1. The predicted molar refractivity (Wildman–Crippen MR) is 63.6 cm³/mol. The summed E-state index contributed by atoms with van der Waals surface area (Å²) >= 11 is 5.15. The van der Waals surface area contributed by atoms with E-state index in [-0.39, 0.29) is 5.91 Å². The van der Waals surface area contributed by atoms with Crippen molar-refractivity contribution in [2.24, 2.45) is 0 Å². The normalized spacial score (nSPS) is 11.4. The number of hydrogen-bond acceptors (Lipinski definition) is 2. The third kappa shape index (κ3) is 7.38. The van der Waals surface area contributed by atoms with Gasteiger partial charge in [0.2, 0.25) is 5.91 Å². The topological polar surface area (TPSA) is 29.1 Å². The zero-order valence-electron chi connectivity index (χ0n) is 8.52. The first-order chi connectivity index (χ1) is 5.98. The number of hydrogen-bond donors (Lipinski definition) is 1. The SMILES string of the molecule is CSCCCCNC(=O)C(C)(C)Br. The summed E-state index contributed by atoms with van der Waals surface area (Å²) in [4.78, 5) is 11.3. The molecule has 13 heavy (non-hydrogen) atoms. The van der Waals surface area contributed by atoms with E-state index in [1.807, 2.05) is 25.6 Å². The van der Waals surface area contributed by atoms with E-state index in [4.69, 9.17) is 0 Å². The van der Waals surface area contributed by atoms with Gasteiger partial charge in [0, 0.05) is 6.54 Å². The summed E-state index contributed by atoms with van der Waals surface area (Å²) in [6, 6.07) is 0. The maximum absolute atomic E-state index is 11.3. The van der Waals surface area contributed by atoms with Crippen molar-refractivity contribution in [2.75, 3.05) is 18.6 Å². The van der Waals surface area contributed by atoms with Gasteiger partial charge >= 0.3 is 0 Å². The average Bonchev–Trinajstić information content (AvgIpc) is 2.02. The van der Waals surface area contributed by atoms with Gasteiger partial charge < -0.3 is 5.32 Å². The van der Waals surface area contributed by atoms with E-state index in [0.29, 0.717) is 0 Å². The predicted octanol–water partition coefficient (Wildman–Crippen LogP) is 2.42. The minimum absolute atomic E-state index is 0.0663. The van der Waals surface area contributed by atoms with Crippen LogP contribution in [0.3, 0.4) is 0 Å². The van der Waals surface area contributed by atoms with Crippen LogP contribution in [-0.4, -0.2) is 28.8 Å². The first-order valence-corrected chi connectivity index (χ1v) is 6.63. The highest BCUT2D eigenvalue weighted by Gasteiger charge is 2.22. The quantitative estimate of drug-likeness (QED) is 0.592. The molecule has 0 fully saturated rings. The highest BCUT2D eigenvalue weighted by atomic mass is 79.9. The van der Waals surface area contributed by atoms with E-state index in [2.05, 4.69) is 27.5 Å². The molecule has 0 aliphatic carbocycles. The van der Waals surface area contributed by atoms with Crippen LogP contribution >= 0.6 is 27.7 Å². The Labute approximate surface area is 93.4 Å². The van der Waals surface area contributed by atoms with Gasteiger partial charge in [0.05, 0.1) is 4.32 Å². The molecule has 4 heteroatoms. The molecule has 0 heterocycles. The van der Waals surface area contributed by atoms with Gasteiger partial charge in [-0.15, -0.1) is 0 Å². The van der Waals surface area contributed by atoms with Gasteiger partial charge in [-0.1, -0.05) is 15.9 Å². The van der Waals surface area contributed by atoms with Crippen LogP contribution in [-0.2, 0) is 4.79 Å². The first kappa shape index (κ1) is 13.3. The Balaban J connectivity index is 3.38. The number of rotatable bonds is 6. The fourth-order valence-corrected chi connectivity index (χ4v) is 1.42. The summed E-state index contributed by atoms with van der Waals surface area (Å²) in [5.74, 6) is 1.24. The molecule has 0 saturated carbocycles. The van der Waals surface area contributed by atoms with E-state index in [1.54, 1.807) is 0 Å². The molecule has 0 rings (SSSR count). The van der Waals surface area contributed by atoms with E-state index in [9.17, 15) is 4.79 Å². The Kier molecular flexibility index (Phi) is 6.86. The summed E-state index contributed by atoms with van der Waals surface area (Å²) in [6.45, 7) is 4.49. The fraction of sp³-hybridized carbons (Fsp3) is 0.889. The second-order valence-electron chi connectivity index (χ2n) is 3.43. The summed E-state index contributed by atoms with van der Waals surface area (Å²) in [6.07, 6.45) is 4.33. The lowest BCUT2D eigenvalue weighted by atomic mass is 10.2. The summed E-state index contributed by atoms with van der Waals surface area (Å²) in [5, 5.41) is 2.89. The third-order valence-corrected chi connectivity index (χ3v) is 2.66. The third-order valence-electron chi connectivity index (χ3n) is 1.60. The van der Waals surface area contributed by atoms with Crippen LogP contribution in [0.1, 0.15) is 26.7 Å². The molecule has 1 N–H and O–H groups in total. The fourth-order valence-electron chi connectivity index (χ4n) is 0.784. The number of unbranched alkanes of at least 4 members (excludes halogenated alkanes) is 1. The van der Waals surface area contributed by atoms with E-state index in [0.717, 1.165) is 13.0 Å². The highest BCUT2D eigenvalue weighted by Crippen LogP contribution is 2.15. The van der Waals surface area contributed by atoms with Crippen molar-refractivity contribution in [1.29, 1.82) is 0 Å². The Morgan fingerprint density at radius 2 is 2.08 bits per heavy atom. The smallest absolute Gasteiger partial charge is 0.236 e. The molecule has 0 aliphatic rings. The molecule has 78 valence electrons. The van der Waals surface area contributed by atoms with Crippen molar-refractivity contribution in [3.8, 4) is 0 Å². The lowest BCUT2D eigenvalue weighted by Gasteiger charge is -2.15. The molecule has 0 saturated heterocycles. The maximum atomic E-state index is 11.3. The van der Waals surface area contributed by atoms with Crippen molar-refractivity contribution < 1.29 is 4.79 Å². The van der Waals surface area contributed by atoms with Crippen LogP contribution in [0.15, 0.2) is 0 Å². The lowest BCUT2D eigenvalue weighted by Crippen LogP contribution is -2.37. The van der Waals surface area contributed by atoms with Crippen LogP contribution in [0.4, 0.5) is 0 Å². The molecule has 0 aromatic rings. The molecule has 1 amide bonds. The van der Waals surface area contributed by atoms with Crippen LogP contribution in [0.5, 0.6) is 0 Å². The zero-order chi connectivity index (χ0) is 10.3. The summed E-state index contributed by atoms with van der Waals surface area (Å²) < 4.78 is -0.438. The molecule has 0 aromatic heterocycles. The average molecular weight is 268 g/mol. The van der Waals surface area contributed by atoms with Crippen molar-refractivity contribution in [3.63, 3.8) is 0 Å². The van der Waals surface area contributed by atoms with Gasteiger partial charge in [0.15, 0.2) is 0 Å². The first-order valence-electron chi connectivity index (χ1n) is 4.44. The van der Waals surface area contributed by atoms with Gasteiger partial charge in [-0.25, -0.2) is 0 Å². The maximum Gasteiger partial charge on any atom is 0.236 e. The van der Waals surface area contributed by atoms with E-state index in [1.165, 1.54) is 12.2 Å². The molecule has 0 bridgehead atoms. The molecule has 0 unspecified atom stereocenters. The molecule has 0 aromatic carbocycles. The van der Waals surface area contributed by atoms with Crippen molar-refractivity contribution in [1.82, 2.24) is 5.32 Å². The largest absolute Gasteiger partial charge is 0.355 e. The van der Waals surface area contributed by atoms with Gasteiger partial charge in [-0.2, -0.15) is 11.8 Å². The number of carbonyl (C=O) groups excluding carboxylic acids is 1. The molecule has 0 radical (unpaired) electrons. The van der Waals surface area contributed by atoms with Crippen LogP contribution in [0, 0.1) is 0 Å². The van der Waals surface area contributed by atoms with Gasteiger partial charge in [0.1, 0.15) is 0 Å². The number of carbonyl (C=O) groups is 1. The van der Waals surface area contributed by atoms with Crippen molar-refractivity contribution in [2.45, 2.75) is 31.0 Å². The van der Waals surface area contributed by atoms with Gasteiger partial charge in [0.25, 0.3) is 0 Å². The molecule has 0 spiro atoms. The number of amides is 1. The van der Waals surface area contributed by atoms with Crippen molar-refractivity contribution >= 4 is 33.6 Å². The summed E-state index contributed by atoms with van der Waals surface area (Å²) in [5.41, 5.74) is 0. The lowest BCUT2D eigenvalue weighted by molar-refractivity contribution is -0.122. The highest BCUT2D eigenvalue weighted by molar-refractivity contribution is 9.10. The van der Waals surface area contributed by atoms with Gasteiger partial charge in [-0.05, 0) is 38.7 Å². The minimum Gasteiger partial charge on any atom is -0.355 e. The molecule has 0 aliphatic heterocycles. The Bertz CT molecular complexity index is 156. The number of alkyl halides is 1. The molecular formula is C9H18BrNOS. The van der Waals surface area contributed by atoms with Gasteiger partial charge in [-0.3, -0.25) is 4.79 Å². The standard InChI is InChI=1S/C9H18BrNOS/c1-9(2,10)8(12)11-6-4-5-7-13-3/h4-7H2,1-3H3,(H,11,12). The second-order valence-corrected chi connectivity index (χ2v) is 6.40. The Morgan fingerprint density at radius 3 is 2.54 bits per heavy atom.